The highest BCUT2D eigenvalue weighted by molar-refractivity contribution is 5.78. The zero-order valence-electron chi connectivity index (χ0n) is 14.7. The zero-order chi connectivity index (χ0) is 16.6. The molecule has 0 aromatic carbocycles. The van der Waals surface area contributed by atoms with Gasteiger partial charge >= 0.3 is 0 Å². The van der Waals surface area contributed by atoms with Gasteiger partial charge < -0.3 is 9.64 Å². The van der Waals surface area contributed by atoms with Gasteiger partial charge in [-0.05, 0) is 45.1 Å². The van der Waals surface area contributed by atoms with Crippen LogP contribution >= 0.6 is 0 Å². The number of aryl methyl sites for hydroxylation is 2. The van der Waals surface area contributed by atoms with E-state index in [0.29, 0.717) is 6.54 Å². The molecular weight excluding hydrogens is 292 g/mol. The van der Waals surface area contributed by atoms with Crippen molar-refractivity contribution in [3.05, 3.63) is 11.3 Å². The van der Waals surface area contributed by atoms with Crippen LogP contribution in [0.25, 0.3) is 0 Å². The number of hydrogen-bond acceptors (Lipinski definition) is 4. The smallest absolute Gasteiger partial charge is 0.236 e. The van der Waals surface area contributed by atoms with Crippen LogP contribution in [0.2, 0.25) is 0 Å². The van der Waals surface area contributed by atoms with E-state index in [-0.39, 0.29) is 11.9 Å². The van der Waals surface area contributed by atoms with Gasteiger partial charge in [0.25, 0.3) is 0 Å². The van der Waals surface area contributed by atoms with Crippen LogP contribution < -0.4 is 4.74 Å². The van der Waals surface area contributed by atoms with Gasteiger partial charge in [0.15, 0.2) is 0 Å². The lowest BCUT2D eigenvalue weighted by molar-refractivity contribution is -0.131. The molecule has 2 heterocycles. The van der Waals surface area contributed by atoms with Crippen LogP contribution in [-0.2, 0) is 11.8 Å². The largest absolute Gasteiger partial charge is 0.481 e. The summed E-state index contributed by atoms with van der Waals surface area (Å²) in [6, 6.07) is 0.233. The minimum Gasteiger partial charge on any atom is -0.481 e. The van der Waals surface area contributed by atoms with Gasteiger partial charge in [0.05, 0.1) is 24.9 Å². The number of likely N-dealkylation sites (tertiary alicyclic amines) is 1. The Morgan fingerprint density at radius 1 is 1.39 bits per heavy atom. The van der Waals surface area contributed by atoms with Crippen molar-refractivity contribution in [1.29, 1.82) is 0 Å². The number of aromatic nitrogens is 2. The molecule has 0 spiro atoms. The summed E-state index contributed by atoms with van der Waals surface area (Å²) >= 11 is 0. The van der Waals surface area contributed by atoms with E-state index in [2.05, 4.69) is 10.00 Å². The molecule has 1 aliphatic carbocycles. The second kappa shape index (κ2) is 6.51. The summed E-state index contributed by atoms with van der Waals surface area (Å²) in [5.41, 5.74) is 2.14. The Balaban J connectivity index is 1.71. The second-order valence-corrected chi connectivity index (χ2v) is 6.98. The Morgan fingerprint density at radius 3 is 2.78 bits per heavy atom. The standard InChI is InChI=1S/C17H28N4O2/c1-12-16(17(23-4)20(3)18-12)14-6-5-9-21(14)11-15(22)19(2)10-13-7-8-13/h13-14H,5-11H2,1-4H3/t14-/m0/s1. The molecule has 6 heteroatoms. The third kappa shape index (κ3) is 3.37. The Kier molecular flexibility index (Phi) is 4.62. The molecule has 3 rings (SSSR count). The van der Waals surface area contributed by atoms with E-state index in [1.165, 1.54) is 12.8 Å². The minimum absolute atomic E-state index is 0.226. The Hall–Kier alpha value is -1.56. The molecular formula is C17H28N4O2. The van der Waals surface area contributed by atoms with Gasteiger partial charge in [0.1, 0.15) is 0 Å². The van der Waals surface area contributed by atoms with E-state index in [9.17, 15) is 4.79 Å². The number of rotatable bonds is 6. The summed E-state index contributed by atoms with van der Waals surface area (Å²) < 4.78 is 7.34. The van der Waals surface area contributed by atoms with E-state index < -0.39 is 0 Å². The molecule has 1 aliphatic heterocycles. The highest BCUT2D eigenvalue weighted by Crippen LogP contribution is 2.38. The maximum atomic E-state index is 12.5. The fraction of sp³-hybridized carbons (Fsp3) is 0.765. The number of amides is 1. The number of carbonyl (C=O) groups excluding carboxylic acids is 1. The molecule has 2 aliphatic rings. The minimum atomic E-state index is 0.226. The van der Waals surface area contributed by atoms with Gasteiger partial charge in [-0.25, -0.2) is 4.68 Å². The lowest BCUT2D eigenvalue weighted by Crippen LogP contribution is -2.39. The molecule has 0 N–H and O–H groups in total. The van der Waals surface area contributed by atoms with Crippen molar-refractivity contribution in [2.45, 2.75) is 38.6 Å². The monoisotopic (exact) mass is 320 g/mol. The van der Waals surface area contributed by atoms with E-state index in [4.69, 9.17) is 4.74 Å². The summed E-state index contributed by atoms with van der Waals surface area (Å²) in [5, 5.41) is 4.49. The fourth-order valence-corrected chi connectivity index (χ4v) is 3.71. The zero-order valence-corrected chi connectivity index (χ0v) is 14.7. The molecule has 23 heavy (non-hydrogen) atoms. The van der Waals surface area contributed by atoms with E-state index in [0.717, 1.165) is 49.0 Å². The Labute approximate surface area is 138 Å². The average molecular weight is 320 g/mol. The van der Waals surface area contributed by atoms with Crippen molar-refractivity contribution in [1.82, 2.24) is 19.6 Å². The van der Waals surface area contributed by atoms with Gasteiger partial charge in [0, 0.05) is 26.7 Å². The number of ether oxygens (including phenoxy) is 1. The average Bonchev–Trinajstić information content (AvgIpc) is 3.13. The SMILES string of the molecule is COc1c([C@@H]2CCCN2CC(=O)N(C)CC2CC2)c(C)nn1C. The predicted molar refractivity (Wildman–Crippen MR) is 88.4 cm³/mol. The molecule has 1 atom stereocenters. The summed E-state index contributed by atoms with van der Waals surface area (Å²) in [4.78, 5) is 16.7. The van der Waals surface area contributed by atoms with Crippen molar-refractivity contribution in [3.8, 4) is 5.88 Å². The number of likely N-dealkylation sites (N-methyl/N-ethyl adjacent to an activating group) is 1. The van der Waals surface area contributed by atoms with Crippen LogP contribution in [-0.4, -0.2) is 59.3 Å². The Morgan fingerprint density at radius 2 is 2.13 bits per heavy atom. The van der Waals surface area contributed by atoms with Crippen LogP contribution in [0.3, 0.4) is 0 Å². The topological polar surface area (TPSA) is 50.6 Å². The summed E-state index contributed by atoms with van der Waals surface area (Å²) in [6.07, 6.45) is 4.72. The lowest BCUT2D eigenvalue weighted by Gasteiger charge is -2.27. The molecule has 0 bridgehead atoms. The molecule has 1 aromatic heterocycles. The van der Waals surface area contributed by atoms with Gasteiger partial charge in [-0.15, -0.1) is 0 Å². The van der Waals surface area contributed by atoms with Crippen molar-refractivity contribution >= 4 is 5.91 Å². The molecule has 1 saturated heterocycles. The maximum absolute atomic E-state index is 12.5. The number of methoxy groups -OCH3 is 1. The molecule has 1 amide bonds. The van der Waals surface area contributed by atoms with Crippen molar-refractivity contribution in [2.75, 3.05) is 33.8 Å². The third-order valence-corrected chi connectivity index (χ3v) is 5.10. The first-order chi connectivity index (χ1) is 11.0. The van der Waals surface area contributed by atoms with Gasteiger partial charge in [-0.2, -0.15) is 5.10 Å². The third-order valence-electron chi connectivity index (χ3n) is 5.10. The van der Waals surface area contributed by atoms with Crippen LogP contribution in [0.5, 0.6) is 5.88 Å². The highest BCUT2D eigenvalue weighted by Gasteiger charge is 2.34. The first-order valence-corrected chi connectivity index (χ1v) is 8.56. The van der Waals surface area contributed by atoms with Crippen molar-refractivity contribution in [3.63, 3.8) is 0 Å². The quantitative estimate of drug-likeness (QED) is 0.801. The predicted octanol–water partition coefficient (Wildman–Crippen LogP) is 1.74. The van der Waals surface area contributed by atoms with E-state index >= 15 is 0 Å². The molecule has 2 fully saturated rings. The van der Waals surface area contributed by atoms with Gasteiger partial charge in [-0.3, -0.25) is 9.69 Å². The van der Waals surface area contributed by atoms with Crippen LogP contribution in [0.4, 0.5) is 0 Å². The maximum Gasteiger partial charge on any atom is 0.236 e. The number of nitrogens with zero attached hydrogens (tertiary/aromatic N) is 4. The molecule has 0 radical (unpaired) electrons. The molecule has 1 aromatic rings. The van der Waals surface area contributed by atoms with Gasteiger partial charge in [-0.1, -0.05) is 0 Å². The lowest BCUT2D eigenvalue weighted by atomic mass is 10.0. The van der Waals surface area contributed by atoms with Crippen LogP contribution in [0, 0.1) is 12.8 Å². The second-order valence-electron chi connectivity index (χ2n) is 6.98. The number of carbonyl (C=O) groups is 1. The van der Waals surface area contributed by atoms with Crippen LogP contribution in [0.1, 0.15) is 43.0 Å². The number of hydrogen-bond donors (Lipinski definition) is 0. The molecule has 1 saturated carbocycles. The summed E-state index contributed by atoms with van der Waals surface area (Å²) in [5.74, 6) is 1.78. The first kappa shape index (κ1) is 16.3. The van der Waals surface area contributed by atoms with E-state index in [1.54, 1.807) is 11.8 Å². The first-order valence-electron chi connectivity index (χ1n) is 8.56. The van der Waals surface area contributed by atoms with Crippen LogP contribution in [0.15, 0.2) is 0 Å². The van der Waals surface area contributed by atoms with Crippen molar-refractivity contribution < 1.29 is 9.53 Å². The normalized spacial score (nSPS) is 21.7. The summed E-state index contributed by atoms with van der Waals surface area (Å²) in [6.45, 7) is 4.39. The fourth-order valence-electron chi connectivity index (χ4n) is 3.71. The highest BCUT2D eigenvalue weighted by atomic mass is 16.5. The van der Waals surface area contributed by atoms with Crippen molar-refractivity contribution in [2.24, 2.45) is 13.0 Å². The van der Waals surface area contributed by atoms with E-state index in [1.807, 2.05) is 25.9 Å². The van der Waals surface area contributed by atoms with Gasteiger partial charge in [0.2, 0.25) is 11.8 Å². The molecule has 128 valence electrons. The molecule has 6 nitrogen and oxygen atoms in total. The molecule has 0 unspecified atom stereocenters. The summed E-state index contributed by atoms with van der Waals surface area (Å²) in [7, 11) is 5.53. The Bertz CT molecular complexity index is 579.